The van der Waals surface area contributed by atoms with Crippen LogP contribution in [-0.4, -0.2) is 62.1 Å². The fourth-order valence-electron chi connectivity index (χ4n) is 3.27. The first-order chi connectivity index (χ1) is 13.0. The van der Waals surface area contributed by atoms with Gasteiger partial charge in [-0.05, 0) is 49.6 Å². The van der Waals surface area contributed by atoms with Crippen LogP contribution in [0.25, 0.3) is 6.08 Å². The number of benzene rings is 1. The number of hydrogen-bond acceptors (Lipinski definition) is 4. The van der Waals surface area contributed by atoms with Gasteiger partial charge in [-0.3, -0.25) is 4.79 Å². The van der Waals surface area contributed by atoms with Crippen LogP contribution < -0.4 is 9.47 Å². The van der Waals surface area contributed by atoms with Crippen molar-refractivity contribution in [3.05, 3.63) is 28.8 Å². The Morgan fingerprint density at radius 3 is 2.63 bits per heavy atom. The summed E-state index contributed by atoms with van der Waals surface area (Å²) in [5.74, 6) is 1.12. The third kappa shape index (κ3) is 5.88. The molecule has 0 bridgehead atoms. The van der Waals surface area contributed by atoms with E-state index in [1.165, 1.54) is 0 Å². The second kappa shape index (κ2) is 10.6. The molecule has 0 N–H and O–H groups in total. The highest BCUT2D eigenvalue weighted by molar-refractivity contribution is 6.32. The quantitative estimate of drug-likeness (QED) is 0.622. The maximum atomic E-state index is 12.6. The van der Waals surface area contributed by atoms with Crippen LogP contribution in [0.3, 0.4) is 0 Å². The van der Waals surface area contributed by atoms with Crippen molar-refractivity contribution in [2.24, 2.45) is 0 Å². The molecule has 0 aliphatic carbocycles. The molecule has 150 valence electrons. The van der Waals surface area contributed by atoms with E-state index in [2.05, 4.69) is 11.8 Å². The van der Waals surface area contributed by atoms with Gasteiger partial charge >= 0.3 is 0 Å². The summed E-state index contributed by atoms with van der Waals surface area (Å²) in [5.41, 5.74) is 0.809. The third-order valence-electron chi connectivity index (χ3n) is 5.02. The first kappa shape index (κ1) is 21.6. The molecule has 0 atom stereocenters. The molecule has 6 heteroatoms. The number of hydrogen-bond donors (Lipinski definition) is 0. The SMILES string of the molecule is CCCOc1c(Cl)cc(/C=C/C(=O)N(C)C2CCN(CC)CC2)cc1OC. The summed E-state index contributed by atoms with van der Waals surface area (Å²) in [6.45, 7) is 7.96. The Hall–Kier alpha value is -1.72. The molecule has 0 saturated carbocycles. The molecule has 0 spiro atoms. The van der Waals surface area contributed by atoms with Crippen molar-refractivity contribution in [2.75, 3.05) is 40.4 Å². The van der Waals surface area contributed by atoms with E-state index in [1.54, 1.807) is 25.3 Å². The second-order valence-corrected chi connectivity index (χ2v) is 7.24. The lowest BCUT2D eigenvalue weighted by Gasteiger charge is -2.35. The summed E-state index contributed by atoms with van der Waals surface area (Å²) < 4.78 is 11.1. The second-order valence-electron chi connectivity index (χ2n) is 6.83. The van der Waals surface area contributed by atoms with Crippen molar-refractivity contribution in [2.45, 2.75) is 39.2 Å². The maximum absolute atomic E-state index is 12.6. The van der Waals surface area contributed by atoms with Gasteiger partial charge in [0.2, 0.25) is 5.91 Å². The Bertz CT molecular complexity index is 655. The number of amides is 1. The Morgan fingerprint density at radius 1 is 1.33 bits per heavy atom. The number of rotatable bonds is 8. The minimum atomic E-state index is 0.00588. The van der Waals surface area contributed by atoms with Crippen molar-refractivity contribution >= 4 is 23.6 Å². The molecule has 1 aromatic rings. The van der Waals surface area contributed by atoms with E-state index in [4.69, 9.17) is 21.1 Å². The topological polar surface area (TPSA) is 42.0 Å². The molecular weight excluding hydrogens is 364 g/mol. The summed E-state index contributed by atoms with van der Waals surface area (Å²) in [5, 5.41) is 0.482. The molecule has 1 heterocycles. The lowest BCUT2D eigenvalue weighted by Crippen LogP contribution is -2.45. The molecule has 1 amide bonds. The van der Waals surface area contributed by atoms with Gasteiger partial charge in [-0.2, -0.15) is 0 Å². The van der Waals surface area contributed by atoms with Crippen LogP contribution in [0.1, 0.15) is 38.7 Å². The molecule has 1 saturated heterocycles. The minimum absolute atomic E-state index is 0.00588. The molecular formula is C21H31ClN2O3. The number of carbonyl (C=O) groups is 1. The predicted octanol–water partition coefficient (Wildman–Crippen LogP) is 4.09. The number of carbonyl (C=O) groups excluding carboxylic acids is 1. The van der Waals surface area contributed by atoms with E-state index in [9.17, 15) is 4.79 Å². The molecule has 0 aromatic heterocycles. The zero-order valence-electron chi connectivity index (χ0n) is 16.8. The summed E-state index contributed by atoms with van der Waals surface area (Å²) in [6.07, 6.45) is 6.31. The highest BCUT2D eigenvalue weighted by atomic mass is 35.5. The van der Waals surface area contributed by atoms with Crippen LogP contribution in [0.2, 0.25) is 5.02 Å². The zero-order valence-corrected chi connectivity index (χ0v) is 17.6. The highest BCUT2D eigenvalue weighted by Crippen LogP contribution is 2.36. The molecule has 5 nitrogen and oxygen atoms in total. The Labute approximate surface area is 167 Å². The summed E-state index contributed by atoms with van der Waals surface area (Å²) in [4.78, 5) is 16.8. The smallest absolute Gasteiger partial charge is 0.246 e. The number of likely N-dealkylation sites (tertiary alicyclic amines) is 1. The van der Waals surface area contributed by atoms with E-state index < -0.39 is 0 Å². The molecule has 1 fully saturated rings. The van der Waals surface area contributed by atoms with Gasteiger partial charge in [0.1, 0.15) is 0 Å². The van der Waals surface area contributed by atoms with E-state index >= 15 is 0 Å². The number of ether oxygens (including phenoxy) is 2. The number of methoxy groups -OCH3 is 1. The van der Waals surface area contributed by atoms with E-state index in [0.29, 0.717) is 29.2 Å². The van der Waals surface area contributed by atoms with E-state index in [0.717, 1.165) is 44.5 Å². The number of piperidine rings is 1. The van der Waals surface area contributed by atoms with Crippen LogP contribution in [0.4, 0.5) is 0 Å². The van der Waals surface area contributed by atoms with Crippen molar-refractivity contribution in [3.63, 3.8) is 0 Å². The lowest BCUT2D eigenvalue weighted by molar-refractivity contribution is -0.127. The largest absolute Gasteiger partial charge is 0.493 e. The molecule has 1 aliphatic heterocycles. The fourth-order valence-corrected chi connectivity index (χ4v) is 3.54. The third-order valence-corrected chi connectivity index (χ3v) is 5.30. The maximum Gasteiger partial charge on any atom is 0.246 e. The van der Waals surface area contributed by atoms with Gasteiger partial charge in [0, 0.05) is 32.3 Å². The molecule has 1 aliphatic rings. The van der Waals surface area contributed by atoms with E-state index in [1.807, 2.05) is 24.9 Å². The van der Waals surface area contributed by atoms with Crippen LogP contribution in [-0.2, 0) is 4.79 Å². The molecule has 0 unspecified atom stereocenters. The molecule has 27 heavy (non-hydrogen) atoms. The predicted molar refractivity (Wildman–Crippen MR) is 111 cm³/mol. The highest BCUT2D eigenvalue weighted by Gasteiger charge is 2.23. The fraction of sp³-hybridized carbons (Fsp3) is 0.571. The van der Waals surface area contributed by atoms with Gasteiger partial charge in [0.25, 0.3) is 0 Å². The van der Waals surface area contributed by atoms with Gasteiger partial charge in [-0.1, -0.05) is 25.4 Å². The molecule has 2 rings (SSSR count). The molecule has 0 radical (unpaired) electrons. The summed E-state index contributed by atoms with van der Waals surface area (Å²) >= 11 is 6.34. The van der Waals surface area contributed by atoms with Crippen molar-refractivity contribution in [1.29, 1.82) is 0 Å². The Kier molecular flexibility index (Phi) is 8.45. The minimum Gasteiger partial charge on any atom is -0.493 e. The van der Waals surface area contributed by atoms with Gasteiger partial charge in [0.15, 0.2) is 11.5 Å². The van der Waals surface area contributed by atoms with Gasteiger partial charge in [0.05, 0.1) is 18.7 Å². The van der Waals surface area contributed by atoms with Gasteiger partial charge in [-0.25, -0.2) is 0 Å². The molecule has 1 aromatic carbocycles. The number of likely N-dealkylation sites (N-methyl/N-ethyl adjacent to an activating group) is 1. The lowest BCUT2D eigenvalue weighted by atomic mass is 10.0. The standard InChI is InChI=1S/C21H31ClN2O3/c1-5-13-27-21-18(22)14-16(15-19(21)26-4)7-8-20(25)23(3)17-9-11-24(6-2)12-10-17/h7-8,14-15,17H,5-6,9-13H2,1-4H3/b8-7+. The first-order valence-corrected chi connectivity index (χ1v) is 10.1. The monoisotopic (exact) mass is 394 g/mol. The van der Waals surface area contributed by atoms with Crippen LogP contribution in [0.5, 0.6) is 11.5 Å². The summed E-state index contributed by atoms with van der Waals surface area (Å²) in [7, 11) is 3.47. The Balaban J connectivity index is 2.03. The van der Waals surface area contributed by atoms with E-state index in [-0.39, 0.29) is 5.91 Å². The number of nitrogens with zero attached hydrogens (tertiary/aromatic N) is 2. The number of halogens is 1. The van der Waals surface area contributed by atoms with Crippen molar-refractivity contribution in [1.82, 2.24) is 9.80 Å². The van der Waals surface area contributed by atoms with Gasteiger partial charge in [-0.15, -0.1) is 0 Å². The van der Waals surface area contributed by atoms with Crippen molar-refractivity contribution in [3.8, 4) is 11.5 Å². The average molecular weight is 395 g/mol. The Morgan fingerprint density at radius 2 is 2.04 bits per heavy atom. The van der Waals surface area contributed by atoms with Crippen molar-refractivity contribution < 1.29 is 14.3 Å². The van der Waals surface area contributed by atoms with Crippen LogP contribution in [0.15, 0.2) is 18.2 Å². The normalized spacial score (nSPS) is 15.9. The zero-order chi connectivity index (χ0) is 19.8. The van der Waals surface area contributed by atoms with Crippen LogP contribution >= 0.6 is 11.6 Å². The average Bonchev–Trinajstić information content (AvgIpc) is 2.70. The van der Waals surface area contributed by atoms with Gasteiger partial charge < -0.3 is 19.3 Å². The van der Waals surface area contributed by atoms with Crippen LogP contribution in [0, 0.1) is 0 Å². The first-order valence-electron chi connectivity index (χ1n) is 9.67. The summed E-state index contributed by atoms with van der Waals surface area (Å²) in [6, 6.07) is 3.92.